The monoisotopic (exact) mass is 377 g/mol. The van der Waals surface area contributed by atoms with Crippen molar-refractivity contribution in [1.29, 1.82) is 0 Å². The minimum absolute atomic E-state index is 0.301. The summed E-state index contributed by atoms with van der Waals surface area (Å²) in [7, 11) is 0. The summed E-state index contributed by atoms with van der Waals surface area (Å²) in [5.74, 6) is -0.301. The Labute approximate surface area is 160 Å². The summed E-state index contributed by atoms with van der Waals surface area (Å²) >= 11 is 6.24. The average molecular weight is 378 g/mol. The molecular weight excluding hydrogens is 362 g/mol. The van der Waals surface area contributed by atoms with Gasteiger partial charge < -0.3 is 5.32 Å². The smallest absolute Gasteiger partial charge is 0.257 e. The fraction of sp³-hybridized carbons (Fsp3) is 0.100. The first kappa shape index (κ1) is 17.2. The number of hydrogen-bond acceptors (Lipinski definition) is 4. The van der Waals surface area contributed by atoms with Crippen LogP contribution in [0.4, 0.5) is 5.69 Å². The van der Waals surface area contributed by atoms with Crippen LogP contribution in [0, 0.1) is 13.8 Å². The number of hydrogen-bond donors (Lipinski definition) is 1. The molecule has 1 amide bonds. The molecule has 0 spiro atoms. The molecule has 0 atom stereocenters. The van der Waals surface area contributed by atoms with Gasteiger partial charge in [-0.1, -0.05) is 11.6 Å². The van der Waals surface area contributed by atoms with Gasteiger partial charge in [-0.05, 0) is 56.3 Å². The summed E-state index contributed by atoms with van der Waals surface area (Å²) in [6.07, 6.45) is 3.48. The molecule has 0 aliphatic carbocycles. The first-order chi connectivity index (χ1) is 13.0. The van der Waals surface area contributed by atoms with Crippen molar-refractivity contribution in [2.24, 2.45) is 0 Å². The summed E-state index contributed by atoms with van der Waals surface area (Å²) in [4.78, 5) is 21.8. The predicted octanol–water partition coefficient (Wildman–Crippen LogP) is 4.34. The zero-order valence-corrected chi connectivity index (χ0v) is 15.5. The molecule has 0 aliphatic heterocycles. The van der Waals surface area contributed by atoms with Crippen molar-refractivity contribution >= 4 is 34.2 Å². The molecule has 7 heteroatoms. The maximum absolute atomic E-state index is 12.8. The molecular formula is C20H16ClN5O. The first-order valence-electron chi connectivity index (χ1n) is 8.37. The summed E-state index contributed by atoms with van der Waals surface area (Å²) < 4.78 is 1.67. The van der Waals surface area contributed by atoms with Gasteiger partial charge in [-0.3, -0.25) is 4.79 Å². The second-order valence-electron chi connectivity index (χ2n) is 6.17. The Balaban J connectivity index is 1.65. The van der Waals surface area contributed by atoms with Crippen LogP contribution >= 0.6 is 11.6 Å². The summed E-state index contributed by atoms with van der Waals surface area (Å²) in [5, 5.41) is 7.42. The number of nitrogens with one attached hydrogen (secondary N) is 1. The normalized spacial score (nSPS) is 10.9. The van der Waals surface area contributed by atoms with Crippen LogP contribution < -0.4 is 5.32 Å². The minimum Gasteiger partial charge on any atom is -0.322 e. The Kier molecular flexibility index (Phi) is 4.33. The van der Waals surface area contributed by atoms with Crippen LogP contribution in [0.2, 0.25) is 5.02 Å². The highest BCUT2D eigenvalue weighted by molar-refractivity contribution is 6.34. The van der Waals surface area contributed by atoms with E-state index in [9.17, 15) is 4.79 Å². The largest absolute Gasteiger partial charge is 0.322 e. The summed E-state index contributed by atoms with van der Waals surface area (Å²) in [6.45, 7) is 3.83. The molecule has 6 nitrogen and oxygen atoms in total. The predicted molar refractivity (Wildman–Crippen MR) is 106 cm³/mol. The highest BCUT2D eigenvalue weighted by atomic mass is 35.5. The molecule has 2 aromatic heterocycles. The molecule has 0 saturated carbocycles. The molecule has 2 aromatic carbocycles. The average Bonchev–Trinajstić information content (AvgIpc) is 3.18. The summed E-state index contributed by atoms with van der Waals surface area (Å²) in [5.41, 5.74) is 5.02. The molecule has 4 aromatic rings. The van der Waals surface area contributed by atoms with Crippen molar-refractivity contribution in [2.75, 3.05) is 5.32 Å². The van der Waals surface area contributed by atoms with E-state index in [1.807, 2.05) is 32.0 Å². The van der Waals surface area contributed by atoms with E-state index in [2.05, 4.69) is 20.4 Å². The Hall–Kier alpha value is -3.25. The van der Waals surface area contributed by atoms with E-state index in [0.717, 1.165) is 28.1 Å². The van der Waals surface area contributed by atoms with Gasteiger partial charge in [0.15, 0.2) is 0 Å². The van der Waals surface area contributed by atoms with Gasteiger partial charge in [0.1, 0.15) is 0 Å². The van der Waals surface area contributed by atoms with Crippen molar-refractivity contribution in [3.8, 4) is 5.69 Å². The number of nitrogens with zero attached hydrogens (tertiary/aromatic N) is 4. The van der Waals surface area contributed by atoms with Crippen molar-refractivity contribution in [3.63, 3.8) is 0 Å². The third-order valence-corrected chi connectivity index (χ3v) is 4.63. The Morgan fingerprint density at radius 3 is 2.56 bits per heavy atom. The van der Waals surface area contributed by atoms with E-state index in [4.69, 9.17) is 11.6 Å². The maximum Gasteiger partial charge on any atom is 0.257 e. The molecule has 0 unspecified atom stereocenters. The lowest BCUT2D eigenvalue weighted by molar-refractivity contribution is 0.102. The molecule has 1 N–H and O–H groups in total. The van der Waals surface area contributed by atoms with E-state index < -0.39 is 0 Å². The highest BCUT2D eigenvalue weighted by Crippen LogP contribution is 2.23. The second-order valence-corrected chi connectivity index (χ2v) is 6.57. The zero-order valence-electron chi connectivity index (χ0n) is 14.8. The number of aryl methyl sites for hydroxylation is 2. The zero-order chi connectivity index (χ0) is 19.0. The number of carbonyl (C=O) groups excluding carboxylic acids is 1. The van der Waals surface area contributed by atoms with E-state index in [1.165, 1.54) is 0 Å². The van der Waals surface area contributed by atoms with Crippen molar-refractivity contribution < 1.29 is 4.79 Å². The number of rotatable bonds is 3. The Bertz CT molecular complexity index is 1150. The molecule has 2 heterocycles. The minimum atomic E-state index is -0.301. The van der Waals surface area contributed by atoms with Gasteiger partial charge in [0, 0.05) is 18.1 Å². The molecule has 4 rings (SSSR count). The Morgan fingerprint density at radius 1 is 1.04 bits per heavy atom. The van der Waals surface area contributed by atoms with Gasteiger partial charge in [0.25, 0.3) is 5.91 Å². The fourth-order valence-electron chi connectivity index (χ4n) is 2.76. The second kappa shape index (κ2) is 6.81. The van der Waals surface area contributed by atoms with Gasteiger partial charge in [0.05, 0.1) is 38.7 Å². The van der Waals surface area contributed by atoms with E-state index in [1.54, 1.807) is 41.3 Å². The van der Waals surface area contributed by atoms with Crippen LogP contribution in [0.15, 0.2) is 54.9 Å². The number of halogens is 1. The molecule has 0 saturated heterocycles. The Morgan fingerprint density at radius 2 is 1.81 bits per heavy atom. The number of aromatic nitrogens is 4. The fourth-order valence-corrected chi connectivity index (χ4v) is 2.96. The number of anilines is 1. The van der Waals surface area contributed by atoms with E-state index in [0.29, 0.717) is 16.3 Å². The van der Waals surface area contributed by atoms with Crippen LogP contribution in [-0.4, -0.2) is 25.7 Å². The highest BCUT2D eigenvalue weighted by Gasteiger charge is 2.13. The number of amides is 1. The van der Waals surface area contributed by atoms with Crippen LogP contribution in [-0.2, 0) is 0 Å². The van der Waals surface area contributed by atoms with Crippen LogP contribution in [0.1, 0.15) is 21.7 Å². The molecule has 0 fully saturated rings. The number of fused-ring (bicyclic) bond motifs is 1. The van der Waals surface area contributed by atoms with Gasteiger partial charge >= 0.3 is 0 Å². The van der Waals surface area contributed by atoms with E-state index >= 15 is 0 Å². The first-order valence-corrected chi connectivity index (χ1v) is 8.75. The topological polar surface area (TPSA) is 72.7 Å². The van der Waals surface area contributed by atoms with Gasteiger partial charge in [0.2, 0.25) is 0 Å². The van der Waals surface area contributed by atoms with Crippen molar-refractivity contribution in [2.45, 2.75) is 13.8 Å². The lowest BCUT2D eigenvalue weighted by Gasteiger charge is -2.10. The molecule has 0 bridgehead atoms. The lowest BCUT2D eigenvalue weighted by atomic mass is 10.1. The van der Waals surface area contributed by atoms with Crippen LogP contribution in [0.5, 0.6) is 0 Å². The SMILES string of the molecule is Cc1nc2ccc(NC(=O)c3cc(-n4cccn4)ccc3Cl)cc2nc1C. The maximum atomic E-state index is 12.8. The van der Waals surface area contributed by atoms with Gasteiger partial charge in [-0.25, -0.2) is 14.6 Å². The van der Waals surface area contributed by atoms with Crippen LogP contribution in [0.3, 0.4) is 0 Å². The lowest BCUT2D eigenvalue weighted by Crippen LogP contribution is -2.13. The third-order valence-electron chi connectivity index (χ3n) is 4.30. The molecule has 27 heavy (non-hydrogen) atoms. The van der Waals surface area contributed by atoms with Crippen molar-refractivity contribution in [1.82, 2.24) is 19.7 Å². The number of benzene rings is 2. The molecule has 0 aliphatic rings. The molecule has 134 valence electrons. The molecule has 0 radical (unpaired) electrons. The third kappa shape index (κ3) is 3.39. The van der Waals surface area contributed by atoms with Gasteiger partial charge in [-0.2, -0.15) is 5.10 Å². The standard InChI is InChI=1S/C20H16ClN5O/c1-12-13(2)24-19-10-14(4-7-18(19)23-12)25-20(27)16-11-15(5-6-17(16)21)26-9-3-8-22-26/h3-11H,1-2H3,(H,25,27). The van der Waals surface area contributed by atoms with Crippen molar-refractivity contribution in [3.05, 3.63) is 76.8 Å². The summed E-state index contributed by atoms with van der Waals surface area (Å²) in [6, 6.07) is 12.5. The van der Waals surface area contributed by atoms with Crippen LogP contribution in [0.25, 0.3) is 16.7 Å². The number of carbonyl (C=O) groups is 1. The quantitative estimate of drug-likeness (QED) is 0.576. The van der Waals surface area contributed by atoms with E-state index in [-0.39, 0.29) is 5.91 Å². The van der Waals surface area contributed by atoms with Gasteiger partial charge in [-0.15, -0.1) is 0 Å².